The molecule has 0 saturated carbocycles. The van der Waals surface area contributed by atoms with E-state index in [1.807, 2.05) is 49.1 Å². The van der Waals surface area contributed by atoms with Gasteiger partial charge in [-0.1, -0.05) is 30.3 Å². The maximum absolute atomic E-state index is 13.4. The second-order valence-corrected chi connectivity index (χ2v) is 9.23. The number of likely N-dealkylation sites (N-methyl/N-ethyl adjacent to an activating group) is 1. The number of piperidine rings is 1. The van der Waals surface area contributed by atoms with Crippen LogP contribution in [0.4, 0.5) is 0 Å². The monoisotopic (exact) mass is 493 g/mol. The summed E-state index contributed by atoms with van der Waals surface area (Å²) in [5, 5.41) is 3.00. The lowest BCUT2D eigenvalue weighted by atomic mass is 9.88. The molecule has 0 unspecified atom stereocenters. The molecule has 8 nitrogen and oxygen atoms in total. The minimum absolute atomic E-state index is 0.0470. The SMILES string of the molecule is CCN(CC)C(=O)[C@H](NC(=O)c1ccc2c(c1)OCO2)C1CCN(C(=O)CCc2ccccc2)CC1. The van der Waals surface area contributed by atoms with Crippen LogP contribution in [0.15, 0.2) is 48.5 Å². The number of hydrogen-bond donors (Lipinski definition) is 1. The van der Waals surface area contributed by atoms with Gasteiger partial charge in [0.25, 0.3) is 5.91 Å². The number of hydrogen-bond acceptors (Lipinski definition) is 5. The smallest absolute Gasteiger partial charge is 0.252 e. The minimum Gasteiger partial charge on any atom is -0.454 e. The molecule has 2 aliphatic heterocycles. The van der Waals surface area contributed by atoms with E-state index in [2.05, 4.69) is 5.32 Å². The molecule has 2 aromatic rings. The third kappa shape index (κ3) is 5.98. The highest BCUT2D eigenvalue weighted by molar-refractivity contribution is 5.98. The van der Waals surface area contributed by atoms with Crippen molar-refractivity contribution in [3.05, 3.63) is 59.7 Å². The van der Waals surface area contributed by atoms with Gasteiger partial charge in [0.1, 0.15) is 6.04 Å². The number of likely N-dealkylation sites (tertiary alicyclic amines) is 1. The molecule has 1 saturated heterocycles. The van der Waals surface area contributed by atoms with E-state index >= 15 is 0 Å². The molecule has 1 N–H and O–H groups in total. The topological polar surface area (TPSA) is 88.2 Å². The van der Waals surface area contributed by atoms with Crippen LogP contribution in [-0.2, 0) is 16.0 Å². The average Bonchev–Trinajstić information content (AvgIpc) is 3.39. The minimum atomic E-state index is -0.649. The molecule has 8 heteroatoms. The lowest BCUT2D eigenvalue weighted by Gasteiger charge is -2.37. The molecular formula is C28H35N3O5. The second-order valence-electron chi connectivity index (χ2n) is 9.23. The Hall–Kier alpha value is -3.55. The van der Waals surface area contributed by atoms with Gasteiger partial charge in [-0.3, -0.25) is 14.4 Å². The normalized spacial score (nSPS) is 15.9. The maximum atomic E-state index is 13.4. The molecule has 2 heterocycles. The molecular weight excluding hydrogens is 458 g/mol. The Morgan fingerprint density at radius 1 is 1.00 bits per heavy atom. The molecule has 192 valence electrons. The number of carbonyl (C=O) groups excluding carboxylic acids is 3. The van der Waals surface area contributed by atoms with E-state index in [1.165, 1.54) is 0 Å². The van der Waals surface area contributed by atoms with Gasteiger partial charge in [0, 0.05) is 38.2 Å². The van der Waals surface area contributed by atoms with Gasteiger partial charge in [0.05, 0.1) is 0 Å². The highest BCUT2D eigenvalue weighted by Gasteiger charge is 2.35. The van der Waals surface area contributed by atoms with E-state index in [4.69, 9.17) is 9.47 Å². The van der Waals surface area contributed by atoms with Gasteiger partial charge < -0.3 is 24.6 Å². The number of fused-ring (bicyclic) bond motifs is 1. The Bertz CT molecular complexity index is 1060. The van der Waals surface area contributed by atoms with Crippen molar-refractivity contribution in [2.45, 2.75) is 45.6 Å². The fraction of sp³-hybridized carbons (Fsp3) is 0.464. The zero-order chi connectivity index (χ0) is 25.5. The van der Waals surface area contributed by atoms with Gasteiger partial charge in [-0.2, -0.15) is 0 Å². The zero-order valence-corrected chi connectivity index (χ0v) is 21.1. The first-order valence-electron chi connectivity index (χ1n) is 12.8. The molecule has 0 radical (unpaired) electrons. The van der Waals surface area contributed by atoms with Gasteiger partial charge in [0.15, 0.2) is 11.5 Å². The van der Waals surface area contributed by atoms with Crippen LogP contribution in [0.3, 0.4) is 0 Å². The second kappa shape index (κ2) is 11.9. The lowest BCUT2D eigenvalue weighted by Crippen LogP contribution is -2.54. The Morgan fingerprint density at radius 3 is 2.39 bits per heavy atom. The Labute approximate surface area is 212 Å². The summed E-state index contributed by atoms with van der Waals surface area (Å²) in [5.74, 6) is 0.814. The third-order valence-corrected chi connectivity index (χ3v) is 7.10. The number of nitrogens with one attached hydrogen (secondary N) is 1. The predicted octanol–water partition coefficient (Wildman–Crippen LogP) is 3.25. The third-order valence-electron chi connectivity index (χ3n) is 7.10. The van der Waals surface area contributed by atoms with Crippen LogP contribution in [0.2, 0.25) is 0 Å². The van der Waals surface area contributed by atoms with E-state index in [0.717, 1.165) is 5.56 Å². The number of rotatable bonds is 9. The molecule has 0 aliphatic carbocycles. The summed E-state index contributed by atoms with van der Waals surface area (Å²) in [5.41, 5.74) is 1.57. The summed E-state index contributed by atoms with van der Waals surface area (Å²) in [7, 11) is 0. The van der Waals surface area contributed by atoms with Gasteiger partial charge in [0.2, 0.25) is 18.6 Å². The van der Waals surface area contributed by atoms with E-state index in [9.17, 15) is 14.4 Å². The van der Waals surface area contributed by atoms with Crippen LogP contribution in [0.1, 0.15) is 49.0 Å². The van der Waals surface area contributed by atoms with E-state index in [1.54, 1.807) is 23.1 Å². The Kier molecular flexibility index (Phi) is 8.46. The lowest BCUT2D eigenvalue weighted by molar-refractivity contribution is -0.136. The van der Waals surface area contributed by atoms with E-state index < -0.39 is 6.04 Å². The number of benzene rings is 2. The van der Waals surface area contributed by atoms with Crippen LogP contribution in [0.5, 0.6) is 11.5 Å². The highest BCUT2D eigenvalue weighted by atomic mass is 16.7. The Balaban J connectivity index is 1.40. The number of ether oxygens (including phenoxy) is 2. The maximum Gasteiger partial charge on any atom is 0.252 e. The fourth-order valence-corrected chi connectivity index (χ4v) is 4.91. The van der Waals surface area contributed by atoms with E-state index in [0.29, 0.717) is 68.9 Å². The van der Waals surface area contributed by atoms with Crippen LogP contribution < -0.4 is 14.8 Å². The summed E-state index contributed by atoms with van der Waals surface area (Å²) in [6.45, 7) is 6.32. The summed E-state index contributed by atoms with van der Waals surface area (Å²) in [4.78, 5) is 43.0. The summed E-state index contributed by atoms with van der Waals surface area (Å²) in [6, 6.07) is 14.4. The van der Waals surface area contributed by atoms with Crippen molar-refractivity contribution >= 4 is 17.7 Å². The molecule has 3 amide bonds. The predicted molar refractivity (Wildman–Crippen MR) is 136 cm³/mol. The quantitative estimate of drug-likeness (QED) is 0.579. The van der Waals surface area contributed by atoms with Crippen LogP contribution in [-0.4, -0.2) is 66.5 Å². The molecule has 1 atom stereocenters. The van der Waals surface area contributed by atoms with Crippen LogP contribution in [0.25, 0.3) is 0 Å². The standard InChI is InChI=1S/C28H35N3O5/c1-3-30(4-2)28(34)26(29-27(33)22-11-12-23-24(18-22)36-19-35-23)21-14-16-31(17-15-21)25(32)13-10-20-8-6-5-7-9-20/h5-9,11-12,18,21,26H,3-4,10,13-17,19H2,1-2H3,(H,29,33)/t26-/m1/s1. The van der Waals surface area contributed by atoms with Crippen molar-refractivity contribution in [2.24, 2.45) is 5.92 Å². The number of amides is 3. The number of aryl methyl sites for hydroxylation is 1. The first kappa shape index (κ1) is 25.5. The van der Waals surface area contributed by atoms with Crippen molar-refractivity contribution in [1.29, 1.82) is 0 Å². The molecule has 4 rings (SSSR count). The summed E-state index contributed by atoms with van der Waals surface area (Å²) >= 11 is 0. The van der Waals surface area contributed by atoms with Crippen molar-refractivity contribution in [1.82, 2.24) is 15.1 Å². The summed E-state index contributed by atoms with van der Waals surface area (Å²) in [6.07, 6.45) is 2.51. The molecule has 0 bridgehead atoms. The summed E-state index contributed by atoms with van der Waals surface area (Å²) < 4.78 is 10.7. The molecule has 2 aliphatic rings. The van der Waals surface area contributed by atoms with E-state index in [-0.39, 0.29) is 30.4 Å². The molecule has 36 heavy (non-hydrogen) atoms. The molecule has 0 spiro atoms. The fourth-order valence-electron chi connectivity index (χ4n) is 4.91. The molecule has 2 aromatic carbocycles. The van der Waals surface area contributed by atoms with Gasteiger partial charge >= 0.3 is 0 Å². The van der Waals surface area contributed by atoms with Crippen molar-refractivity contribution < 1.29 is 23.9 Å². The highest BCUT2D eigenvalue weighted by Crippen LogP contribution is 2.32. The van der Waals surface area contributed by atoms with Gasteiger partial charge in [-0.15, -0.1) is 0 Å². The van der Waals surface area contributed by atoms with Crippen LogP contribution >= 0.6 is 0 Å². The van der Waals surface area contributed by atoms with Crippen LogP contribution in [0, 0.1) is 5.92 Å². The largest absolute Gasteiger partial charge is 0.454 e. The van der Waals surface area contributed by atoms with Crippen molar-refractivity contribution in [2.75, 3.05) is 33.0 Å². The molecule has 1 fully saturated rings. The van der Waals surface area contributed by atoms with Crippen molar-refractivity contribution in [3.63, 3.8) is 0 Å². The first-order chi connectivity index (χ1) is 17.5. The van der Waals surface area contributed by atoms with Crippen molar-refractivity contribution in [3.8, 4) is 11.5 Å². The molecule has 0 aromatic heterocycles. The number of carbonyl (C=O) groups is 3. The number of nitrogens with zero attached hydrogens (tertiary/aromatic N) is 2. The van der Waals surface area contributed by atoms with Gasteiger partial charge in [-0.25, -0.2) is 0 Å². The average molecular weight is 494 g/mol. The van der Waals surface area contributed by atoms with Gasteiger partial charge in [-0.05, 0) is 62.8 Å². The zero-order valence-electron chi connectivity index (χ0n) is 21.1. The first-order valence-corrected chi connectivity index (χ1v) is 12.8. The Morgan fingerprint density at radius 2 is 1.69 bits per heavy atom.